The van der Waals surface area contributed by atoms with Gasteiger partial charge in [0.25, 0.3) is 15.9 Å². The van der Waals surface area contributed by atoms with E-state index in [0.717, 1.165) is 25.7 Å². The zero-order chi connectivity index (χ0) is 23.0. The van der Waals surface area contributed by atoms with Crippen LogP contribution in [0.1, 0.15) is 42.5 Å². The molecule has 1 aliphatic rings. The lowest BCUT2D eigenvalue weighted by molar-refractivity contribution is -0.125. The molecule has 0 aliphatic heterocycles. The number of rotatable bonds is 9. The van der Waals surface area contributed by atoms with E-state index in [-0.39, 0.29) is 22.6 Å². The van der Waals surface area contributed by atoms with Gasteiger partial charge >= 0.3 is 0 Å². The number of nitrogens with one attached hydrogen (secondary N) is 3. The van der Waals surface area contributed by atoms with E-state index in [9.17, 15) is 18.0 Å². The van der Waals surface area contributed by atoms with E-state index >= 15 is 0 Å². The van der Waals surface area contributed by atoms with Gasteiger partial charge < -0.3 is 15.4 Å². The molecule has 8 nitrogen and oxygen atoms in total. The first-order valence-electron chi connectivity index (χ1n) is 10.7. The van der Waals surface area contributed by atoms with Crippen LogP contribution in [-0.2, 0) is 14.8 Å². The van der Waals surface area contributed by atoms with Crippen LogP contribution in [-0.4, -0.2) is 40.4 Å². The van der Waals surface area contributed by atoms with Crippen LogP contribution in [0.5, 0.6) is 5.75 Å². The molecule has 0 atom stereocenters. The van der Waals surface area contributed by atoms with Crippen LogP contribution in [0.3, 0.4) is 0 Å². The van der Waals surface area contributed by atoms with Gasteiger partial charge in [0.05, 0.1) is 12.0 Å². The topological polar surface area (TPSA) is 114 Å². The van der Waals surface area contributed by atoms with Crippen LogP contribution in [0.15, 0.2) is 53.4 Å². The van der Waals surface area contributed by atoms with Gasteiger partial charge in [0, 0.05) is 30.3 Å². The first kappa shape index (κ1) is 23.6. The zero-order valence-corrected chi connectivity index (χ0v) is 18.9. The standard InChI is InChI=1S/C23H29N3O5S/c1-31-20-11-9-19(10-12-20)26-32(29,30)21-13-7-18(8-14-21)23(28)25-16-15-24-22(27)17-5-3-2-4-6-17/h7-14,17,26H,2-6,15-16H2,1H3,(H,24,27)(H,25,28). The summed E-state index contributed by atoms with van der Waals surface area (Å²) in [6.07, 6.45) is 5.24. The minimum atomic E-state index is -3.79. The highest BCUT2D eigenvalue weighted by Gasteiger charge is 2.20. The Morgan fingerprint density at radius 2 is 1.53 bits per heavy atom. The van der Waals surface area contributed by atoms with E-state index in [2.05, 4.69) is 15.4 Å². The molecule has 0 spiro atoms. The Hall–Kier alpha value is -3.07. The summed E-state index contributed by atoms with van der Waals surface area (Å²) in [6, 6.07) is 12.2. The fraction of sp³-hybridized carbons (Fsp3) is 0.391. The molecular formula is C23H29N3O5S. The second-order valence-electron chi connectivity index (χ2n) is 7.74. The average molecular weight is 460 g/mol. The third-order valence-corrected chi connectivity index (χ3v) is 6.85. The van der Waals surface area contributed by atoms with Crippen LogP contribution in [0.2, 0.25) is 0 Å². The lowest BCUT2D eigenvalue weighted by Crippen LogP contribution is -2.38. The van der Waals surface area contributed by atoms with Crippen molar-refractivity contribution in [2.45, 2.75) is 37.0 Å². The predicted octanol–water partition coefficient (Wildman–Crippen LogP) is 2.92. The highest BCUT2D eigenvalue weighted by atomic mass is 32.2. The molecule has 2 amide bonds. The summed E-state index contributed by atoms with van der Waals surface area (Å²) in [5.74, 6) is 0.430. The maximum Gasteiger partial charge on any atom is 0.261 e. The molecule has 0 saturated heterocycles. The van der Waals surface area contributed by atoms with Crippen molar-refractivity contribution in [3.63, 3.8) is 0 Å². The first-order chi connectivity index (χ1) is 15.4. The molecule has 1 fully saturated rings. The number of carbonyl (C=O) groups is 2. The number of benzene rings is 2. The van der Waals surface area contributed by atoms with E-state index in [1.54, 1.807) is 24.3 Å². The SMILES string of the molecule is COc1ccc(NS(=O)(=O)c2ccc(C(=O)NCCNC(=O)C3CCCCC3)cc2)cc1. The second-order valence-corrected chi connectivity index (χ2v) is 9.42. The van der Waals surface area contributed by atoms with Gasteiger partial charge in [-0.05, 0) is 61.4 Å². The molecule has 9 heteroatoms. The number of hydrogen-bond donors (Lipinski definition) is 3. The molecule has 1 aliphatic carbocycles. The summed E-state index contributed by atoms with van der Waals surface area (Å²) in [4.78, 5) is 24.5. The van der Waals surface area contributed by atoms with E-state index in [4.69, 9.17) is 4.74 Å². The van der Waals surface area contributed by atoms with Crippen LogP contribution >= 0.6 is 0 Å². The number of sulfonamides is 1. The number of amides is 2. The van der Waals surface area contributed by atoms with Gasteiger partial charge in [0.2, 0.25) is 5.91 Å². The van der Waals surface area contributed by atoms with Crippen molar-refractivity contribution in [1.29, 1.82) is 0 Å². The van der Waals surface area contributed by atoms with E-state index in [0.29, 0.717) is 30.1 Å². The fourth-order valence-electron chi connectivity index (χ4n) is 3.63. The molecule has 2 aromatic carbocycles. The smallest absolute Gasteiger partial charge is 0.261 e. The normalized spacial score (nSPS) is 14.4. The third-order valence-electron chi connectivity index (χ3n) is 5.45. The molecule has 32 heavy (non-hydrogen) atoms. The van der Waals surface area contributed by atoms with Gasteiger partial charge in [0.15, 0.2) is 0 Å². The van der Waals surface area contributed by atoms with Gasteiger partial charge in [0.1, 0.15) is 5.75 Å². The van der Waals surface area contributed by atoms with Crippen molar-refractivity contribution in [1.82, 2.24) is 10.6 Å². The van der Waals surface area contributed by atoms with Crippen molar-refractivity contribution < 1.29 is 22.7 Å². The Balaban J connectivity index is 1.48. The van der Waals surface area contributed by atoms with Gasteiger partial charge in [-0.15, -0.1) is 0 Å². The summed E-state index contributed by atoms with van der Waals surface area (Å²) < 4.78 is 32.7. The molecule has 0 unspecified atom stereocenters. The summed E-state index contributed by atoms with van der Waals surface area (Å²) in [7, 11) is -2.25. The maximum atomic E-state index is 12.6. The van der Waals surface area contributed by atoms with E-state index in [1.807, 2.05) is 0 Å². The Kier molecular flexibility index (Phi) is 8.10. The molecule has 0 bridgehead atoms. The van der Waals surface area contributed by atoms with Gasteiger partial charge in [-0.2, -0.15) is 0 Å². The molecule has 3 rings (SSSR count). The molecule has 0 heterocycles. The number of carbonyl (C=O) groups excluding carboxylic acids is 2. The lowest BCUT2D eigenvalue weighted by Gasteiger charge is -2.20. The number of methoxy groups -OCH3 is 1. The van der Waals surface area contributed by atoms with Crippen molar-refractivity contribution in [3.8, 4) is 5.75 Å². The van der Waals surface area contributed by atoms with Gasteiger partial charge in [-0.3, -0.25) is 14.3 Å². The minimum absolute atomic E-state index is 0.0459. The molecular weight excluding hydrogens is 430 g/mol. The van der Waals surface area contributed by atoms with Crippen molar-refractivity contribution in [3.05, 3.63) is 54.1 Å². The highest BCUT2D eigenvalue weighted by Crippen LogP contribution is 2.23. The lowest BCUT2D eigenvalue weighted by atomic mass is 9.89. The first-order valence-corrected chi connectivity index (χ1v) is 12.2. The molecule has 0 radical (unpaired) electrons. The van der Waals surface area contributed by atoms with Gasteiger partial charge in [-0.25, -0.2) is 8.42 Å². The van der Waals surface area contributed by atoms with Crippen molar-refractivity contribution >= 4 is 27.5 Å². The summed E-state index contributed by atoms with van der Waals surface area (Å²) in [5, 5.41) is 5.60. The summed E-state index contributed by atoms with van der Waals surface area (Å²) in [6.45, 7) is 0.662. The Bertz CT molecular complexity index is 1010. The van der Waals surface area contributed by atoms with Crippen LogP contribution in [0, 0.1) is 5.92 Å². The second kappa shape index (κ2) is 11.0. The maximum absolute atomic E-state index is 12.6. The quantitative estimate of drug-likeness (QED) is 0.499. The van der Waals surface area contributed by atoms with Crippen LogP contribution < -0.4 is 20.1 Å². The van der Waals surface area contributed by atoms with Crippen LogP contribution in [0.25, 0.3) is 0 Å². The molecule has 1 saturated carbocycles. The Morgan fingerprint density at radius 3 is 2.16 bits per heavy atom. The zero-order valence-electron chi connectivity index (χ0n) is 18.1. The number of anilines is 1. The molecule has 172 valence electrons. The molecule has 3 N–H and O–H groups in total. The fourth-order valence-corrected chi connectivity index (χ4v) is 4.69. The molecule has 2 aromatic rings. The van der Waals surface area contributed by atoms with Gasteiger partial charge in [-0.1, -0.05) is 19.3 Å². The van der Waals surface area contributed by atoms with E-state index in [1.165, 1.54) is 37.8 Å². The summed E-state index contributed by atoms with van der Waals surface area (Å²) >= 11 is 0. The summed E-state index contributed by atoms with van der Waals surface area (Å²) in [5.41, 5.74) is 0.745. The van der Waals surface area contributed by atoms with E-state index < -0.39 is 10.0 Å². The van der Waals surface area contributed by atoms with Crippen LogP contribution in [0.4, 0.5) is 5.69 Å². The number of ether oxygens (including phenoxy) is 1. The number of hydrogen-bond acceptors (Lipinski definition) is 5. The van der Waals surface area contributed by atoms with Crippen molar-refractivity contribution in [2.24, 2.45) is 5.92 Å². The average Bonchev–Trinajstić information content (AvgIpc) is 2.82. The molecule has 0 aromatic heterocycles. The monoisotopic (exact) mass is 459 g/mol. The Labute approximate surface area is 188 Å². The predicted molar refractivity (Wildman–Crippen MR) is 122 cm³/mol. The minimum Gasteiger partial charge on any atom is -0.497 e. The largest absolute Gasteiger partial charge is 0.497 e. The third kappa shape index (κ3) is 6.46. The highest BCUT2D eigenvalue weighted by molar-refractivity contribution is 7.92. The Morgan fingerprint density at radius 1 is 0.906 bits per heavy atom. The van der Waals surface area contributed by atoms with Crippen molar-refractivity contribution in [2.75, 3.05) is 24.9 Å².